The highest BCUT2D eigenvalue weighted by atomic mass is 16.5. The lowest BCUT2D eigenvalue weighted by Crippen LogP contribution is -2.37. The topological polar surface area (TPSA) is 64.3 Å². The van der Waals surface area contributed by atoms with Gasteiger partial charge in [0.2, 0.25) is 0 Å². The first kappa shape index (κ1) is 12.9. The number of nitrogens with two attached hydrogens (primary N) is 1. The van der Waals surface area contributed by atoms with Crippen LogP contribution in [0.15, 0.2) is 12.3 Å². The minimum Gasteiger partial charge on any atom is -0.383 e. The van der Waals surface area contributed by atoms with Crippen LogP contribution in [0.3, 0.4) is 0 Å². The van der Waals surface area contributed by atoms with Crippen molar-refractivity contribution in [1.82, 2.24) is 10.2 Å². The smallest absolute Gasteiger partial charge is 0.156 e. The Balaban J connectivity index is 2.93. The van der Waals surface area contributed by atoms with Gasteiger partial charge in [-0.25, -0.2) is 0 Å². The lowest BCUT2D eigenvalue weighted by Gasteiger charge is -2.29. The number of hydrogen-bond donors (Lipinski definition) is 1. The third-order valence-electron chi connectivity index (χ3n) is 2.55. The predicted octanol–water partition coefficient (Wildman–Crippen LogP) is 0.796. The van der Waals surface area contributed by atoms with E-state index >= 15 is 0 Å². The summed E-state index contributed by atoms with van der Waals surface area (Å²) in [5.41, 5.74) is 6.71. The van der Waals surface area contributed by atoms with Gasteiger partial charge >= 0.3 is 0 Å². The Labute approximate surface area is 96.6 Å². The van der Waals surface area contributed by atoms with Gasteiger partial charge in [-0.2, -0.15) is 5.10 Å². The first-order chi connectivity index (χ1) is 7.74. The lowest BCUT2D eigenvalue weighted by molar-refractivity contribution is 0.181. The SMILES string of the molecule is CCN(c1nnccc1CN)C(C)COC. The summed E-state index contributed by atoms with van der Waals surface area (Å²) < 4.78 is 5.16. The van der Waals surface area contributed by atoms with Gasteiger partial charge in [0.15, 0.2) is 5.82 Å². The monoisotopic (exact) mass is 224 g/mol. The maximum absolute atomic E-state index is 5.69. The third kappa shape index (κ3) is 2.90. The first-order valence-electron chi connectivity index (χ1n) is 5.50. The molecule has 90 valence electrons. The number of anilines is 1. The number of likely N-dealkylation sites (N-methyl/N-ethyl adjacent to an activating group) is 1. The molecule has 0 saturated carbocycles. The van der Waals surface area contributed by atoms with Crippen LogP contribution in [0, 0.1) is 0 Å². The Bertz CT molecular complexity index is 319. The van der Waals surface area contributed by atoms with E-state index in [-0.39, 0.29) is 6.04 Å². The Hall–Kier alpha value is -1.20. The van der Waals surface area contributed by atoms with E-state index in [9.17, 15) is 0 Å². The van der Waals surface area contributed by atoms with E-state index in [2.05, 4.69) is 28.9 Å². The Kier molecular flexibility index (Phi) is 5.14. The van der Waals surface area contributed by atoms with E-state index in [0.717, 1.165) is 17.9 Å². The van der Waals surface area contributed by atoms with Gasteiger partial charge in [-0.15, -0.1) is 5.10 Å². The van der Waals surface area contributed by atoms with Crippen LogP contribution in [0.25, 0.3) is 0 Å². The molecular weight excluding hydrogens is 204 g/mol. The molecule has 0 radical (unpaired) electrons. The minimum atomic E-state index is 0.261. The molecule has 0 saturated heterocycles. The summed E-state index contributed by atoms with van der Waals surface area (Å²) in [5, 5.41) is 8.08. The number of aromatic nitrogens is 2. The zero-order valence-corrected chi connectivity index (χ0v) is 10.2. The fourth-order valence-corrected chi connectivity index (χ4v) is 1.75. The summed E-state index contributed by atoms with van der Waals surface area (Å²) in [6.07, 6.45) is 1.67. The van der Waals surface area contributed by atoms with Gasteiger partial charge in [0.1, 0.15) is 0 Å². The molecule has 5 nitrogen and oxygen atoms in total. The molecule has 1 aromatic rings. The summed E-state index contributed by atoms with van der Waals surface area (Å²) >= 11 is 0. The predicted molar refractivity (Wildman–Crippen MR) is 64.3 cm³/mol. The largest absolute Gasteiger partial charge is 0.383 e. The molecule has 1 atom stereocenters. The van der Waals surface area contributed by atoms with Crippen LogP contribution in [0.1, 0.15) is 19.4 Å². The number of nitrogens with zero attached hydrogens (tertiary/aromatic N) is 3. The maximum atomic E-state index is 5.69. The van der Waals surface area contributed by atoms with Gasteiger partial charge in [0.05, 0.1) is 18.8 Å². The van der Waals surface area contributed by atoms with E-state index in [4.69, 9.17) is 10.5 Å². The molecule has 1 rings (SSSR count). The molecule has 0 aliphatic heterocycles. The summed E-state index contributed by atoms with van der Waals surface area (Å²) in [6.45, 7) is 6.18. The average Bonchev–Trinajstić information content (AvgIpc) is 2.31. The van der Waals surface area contributed by atoms with Crippen LogP contribution in [-0.4, -0.2) is 36.5 Å². The molecule has 1 heterocycles. The third-order valence-corrected chi connectivity index (χ3v) is 2.55. The summed E-state index contributed by atoms with van der Waals surface area (Å²) in [6, 6.07) is 2.17. The van der Waals surface area contributed by atoms with Crippen molar-refractivity contribution in [3.05, 3.63) is 17.8 Å². The molecule has 0 bridgehead atoms. The maximum Gasteiger partial charge on any atom is 0.156 e. The number of hydrogen-bond acceptors (Lipinski definition) is 5. The Morgan fingerprint density at radius 2 is 2.31 bits per heavy atom. The zero-order chi connectivity index (χ0) is 12.0. The molecule has 0 aliphatic rings. The number of ether oxygens (including phenoxy) is 1. The second-order valence-corrected chi connectivity index (χ2v) is 3.67. The van der Waals surface area contributed by atoms with Gasteiger partial charge in [0.25, 0.3) is 0 Å². The van der Waals surface area contributed by atoms with Crippen molar-refractivity contribution in [2.24, 2.45) is 5.73 Å². The fourth-order valence-electron chi connectivity index (χ4n) is 1.75. The van der Waals surface area contributed by atoms with E-state index in [1.165, 1.54) is 0 Å². The number of rotatable bonds is 6. The van der Waals surface area contributed by atoms with Gasteiger partial charge in [-0.1, -0.05) is 0 Å². The quantitative estimate of drug-likeness (QED) is 0.774. The van der Waals surface area contributed by atoms with Crippen molar-refractivity contribution in [1.29, 1.82) is 0 Å². The normalized spacial score (nSPS) is 12.5. The molecular formula is C11H20N4O. The first-order valence-corrected chi connectivity index (χ1v) is 5.50. The lowest BCUT2D eigenvalue weighted by atomic mass is 10.2. The number of methoxy groups -OCH3 is 1. The van der Waals surface area contributed by atoms with Gasteiger partial charge in [-0.05, 0) is 19.9 Å². The summed E-state index contributed by atoms with van der Waals surface area (Å²) in [5.74, 6) is 0.858. The highest BCUT2D eigenvalue weighted by Crippen LogP contribution is 2.18. The van der Waals surface area contributed by atoms with Crippen LogP contribution in [-0.2, 0) is 11.3 Å². The van der Waals surface area contributed by atoms with Crippen molar-refractivity contribution in [2.75, 3.05) is 25.2 Å². The van der Waals surface area contributed by atoms with Crippen molar-refractivity contribution < 1.29 is 4.74 Å². The summed E-state index contributed by atoms with van der Waals surface area (Å²) in [7, 11) is 1.70. The Morgan fingerprint density at radius 3 is 2.88 bits per heavy atom. The van der Waals surface area contributed by atoms with E-state index in [1.54, 1.807) is 13.3 Å². The van der Waals surface area contributed by atoms with Crippen molar-refractivity contribution in [2.45, 2.75) is 26.4 Å². The molecule has 0 amide bonds. The second-order valence-electron chi connectivity index (χ2n) is 3.67. The zero-order valence-electron chi connectivity index (χ0n) is 10.2. The standard InChI is InChI=1S/C11H20N4O/c1-4-15(9(2)8-16-3)11-10(7-12)5-6-13-14-11/h5-6,9H,4,7-8,12H2,1-3H3. The highest BCUT2D eigenvalue weighted by molar-refractivity contribution is 5.46. The molecule has 0 spiro atoms. The molecule has 5 heteroatoms. The van der Waals surface area contributed by atoms with Crippen molar-refractivity contribution in [3.8, 4) is 0 Å². The molecule has 0 fully saturated rings. The van der Waals surface area contributed by atoms with Crippen molar-refractivity contribution in [3.63, 3.8) is 0 Å². The van der Waals surface area contributed by atoms with Gasteiger partial charge in [0, 0.05) is 25.8 Å². The summed E-state index contributed by atoms with van der Waals surface area (Å²) in [4.78, 5) is 2.15. The molecule has 0 aromatic carbocycles. The van der Waals surface area contributed by atoms with Crippen LogP contribution >= 0.6 is 0 Å². The molecule has 0 aliphatic carbocycles. The fraction of sp³-hybridized carbons (Fsp3) is 0.636. The molecule has 1 unspecified atom stereocenters. The van der Waals surface area contributed by atoms with Crippen LogP contribution < -0.4 is 10.6 Å². The minimum absolute atomic E-state index is 0.261. The van der Waals surface area contributed by atoms with Crippen LogP contribution in [0.4, 0.5) is 5.82 Å². The molecule has 2 N–H and O–H groups in total. The van der Waals surface area contributed by atoms with Gasteiger partial charge < -0.3 is 15.4 Å². The van der Waals surface area contributed by atoms with E-state index < -0.39 is 0 Å². The van der Waals surface area contributed by atoms with E-state index in [0.29, 0.717) is 13.2 Å². The highest BCUT2D eigenvalue weighted by Gasteiger charge is 2.16. The Morgan fingerprint density at radius 1 is 1.56 bits per heavy atom. The average molecular weight is 224 g/mol. The van der Waals surface area contributed by atoms with Gasteiger partial charge in [-0.3, -0.25) is 0 Å². The van der Waals surface area contributed by atoms with E-state index in [1.807, 2.05) is 6.07 Å². The molecule has 1 aromatic heterocycles. The van der Waals surface area contributed by atoms with Crippen molar-refractivity contribution >= 4 is 5.82 Å². The molecule has 16 heavy (non-hydrogen) atoms. The van der Waals surface area contributed by atoms with Crippen LogP contribution in [0.2, 0.25) is 0 Å². The second kappa shape index (κ2) is 6.40. The van der Waals surface area contributed by atoms with Crippen LogP contribution in [0.5, 0.6) is 0 Å².